The largest absolute Gasteiger partial charge is 0.382 e. The summed E-state index contributed by atoms with van der Waals surface area (Å²) in [5.41, 5.74) is 11.3. The van der Waals surface area contributed by atoms with E-state index in [2.05, 4.69) is 20.2 Å². The van der Waals surface area contributed by atoms with Gasteiger partial charge in [0.25, 0.3) is 11.5 Å². The van der Waals surface area contributed by atoms with Crippen LogP contribution in [0.3, 0.4) is 0 Å². The Kier molecular flexibility index (Phi) is 7.24. The van der Waals surface area contributed by atoms with Crippen LogP contribution in [0.25, 0.3) is 28.3 Å². The van der Waals surface area contributed by atoms with E-state index in [0.29, 0.717) is 47.4 Å². The molecule has 1 amide bonds. The van der Waals surface area contributed by atoms with Crippen molar-refractivity contribution in [3.05, 3.63) is 101 Å². The van der Waals surface area contributed by atoms with Gasteiger partial charge in [0.1, 0.15) is 22.8 Å². The van der Waals surface area contributed by atoms with Gasteiger partial charge in [0.15, 0.2) is 0 Å². The second-order valence-electron chi connectivity index (χ2n) is 9.96. The molecule has 11 nitrogen and oxygen atoms in total. The first-order chi connectivity index (χ1) is 20.4. The van der Waals surface area contributed by atoms with Gasteiger partial charge in [-0.15, -0.1) is 0 Å². The maximum absolute atomic E-state index is 13.2. The monoisotopic (exact) mass is 562 g/mol. The first-order valence-electron chi connectivity index (χ1n) is 13.6. The number of aromatic nitrogens is 5. The number of amides is 1. The second-order valence-corrected chi connectivity index (χ2v) is 9.96. The van der Waals surface area contributed by atoms with Gasteiger partial charge < -0.3 is 20.7 Å². The fraction of sp³-hybridized carbons (Fsp3) is 0.194. The molecule has 0 aliphatic carbocycles. The molecule has 1 aliphatic heterocycles. The summed E-state index contributed by atoms with van der Waals surface area (Å²) in [6.07, 6.45) is 3.38. The first-order valence-corrected chi connectivity index (χ1v) is 13.6. The van der Waals surface area contributed by atoms with Crippen molar-refractivity contribution in [2.75, 3.05) is 42.3 Å². The minimum Gasteiger partial charge on any atom is -0.382 e. The summed E-state index contributed by atoms with van der Waals surface area (Å²) in [7, 11) is 1.75. The van der Waals surface area contributed by atoms with E-state index in [1.807, 2.05) is 42.5 Å². The fourth-order valence-corrected chi connectivity index (χ4v) is 5.05. The number of nitrogens with one attached hydrogen (secondary N) is 1. The number of ether oxygens (including phenoxy) is 1. The fourth-order valence-electron chi connectivity index (χ4n) is 5.05. The molecule has 1 fully saturated rings. The molecule has 3 aromatic heterocycles. The van der Waals surface area contributed by atoms with Crippen LogP contribution in [0.5, 0.6) is 0 Å². The van der Waals surface area contributed by atoms with E-state index in [4.69, 9.17) is 15.5 Å². The molecule has 4 heterocycles. The smallest absolute Gasteiger partial charge is 0.284 e. The Morgan fingerprint density at radius 3 is 2.43 bits per heavy atom. The minimum atomic E-state index is -0.483. The van der Waals surface area contributed by atoms with Crippen molar-refractivity contribution in [1.82, 2.24) is 24.3 Å². The maximum atomic E-state index is 13.2. The van der Waals surface area contributed by atoms with Crippen molar-refractivity contribution in [1.29, 1.82) is 0 Å². The van der Waals surface area contributed by atoms with Crippen molar-refractivity contribution in [2.45, 2.75) is 6.92 Å². The highest BCUT2D eigenvalue weighted by Crippen LogP contribution is 2.28. The Morgan fingerprint density at radius 1 is 0.952 bits per heavy atom. The molecule has 0 unspecified atom stereocenters. The molecule has 1 aliphatic rings. The Balaban J connectivity index is 1.23. The van der Waals surface area contributed by atoms with Crippen LogP contribution in [-0.2, 0) is 11.8 Å². The molecule has 3 N–H and O–H groups in total. The maximum Gasteiger partial charge on any atom is 0.284 e. The number of nitrogen functional groups attached to an aromatic ring is 1. The molecule has 0 spiro atoms. The third-order valence-corrected chi connectivity index (χ3v) is 7.38. The van der Waals surface area contributed by atoms with E-state index in [1.165, 1.54) is 4.68 Å². The van der Waals surface area contributed by atoms with Gasteiger partial charge in [-0.25, -0.2) is 14.6 Å². The van der Waals surface area contributed by atoms with Crippen molar-refractivity contribution in [3.63, 3.8) is 0 Å². The number of carbonyl (C=O) groups is 1. The van der Waals surface area contributed by atoms with Crippen molar-refractivity contribution < 1.29 is 9.53 Å². The summed E-state index contributed by atoms with van der Waals surface area (Å²) in [6.45, 7) is 4.77. The number of morpholine rings is 1. The lowest BCUT2D eigenvalue weighted by Crippen LogP contribution is -2.36. The lowest BCUT2D eigenvalue weighted by atomic mass is 10.1. The van der Waals surface area contributed by atoms with Crippen molar-refractivity contribution in [3.8, 4) is 28.3 Å². The van der Waals surface area contributed by atoms with Crippen LogP contribution in [0.1, 0.15) is 16.1 Å². The molecule has 1 saturated heterocycles. The number of rotatable bonds is 6. The third kappa shape index (κ3) is 5.13. The lowest BCUT2D eigenvalue weighted by Gasteiger charge is -2.28. The molecule has 6 rings (SSSR count). The number of benzene rings is 2. The molecular formula is C31H30N8O3. The highest BCUT2D eigenvalue weighted by atomic mass is 16.5. The molecular weight excluding hydrogens is 532 g/mol. The van der Waals surface area contributed by atoms with E-state index in [1.54, 1.807) is 55.3 Å². The number of hydrogen-bond acceptors (Lipinski definition) is 8. The van der Waals surface area contributed by atoms with Gasteiger partial charge in [0.05, 0.1) is 36.5 Å². The summed E-state index contributed by atoms with van der Waals surface area (Å²) in [5, 5.41) is 2.84. The zero-order chi connectivity index (χ0) is 29.2. The molecule has 0 bridgehead atoms. The normalized spacial score (nSPS) is 13.2. The van der Waals surface area contributed by atoms with Gasteiger partial charge in [-0.2, -0.15) is 0 Å². The number of para-hydroxylation sites is 1. The second kappa shape index (κ2) is 11.3. The van der Waals surface area contributed by atoms with Gasteiger partial charge in [-0.3, -0.25) is 19.3 Å². The molecule has 0 atom stereocenters. The first kappa shape index (κ1) is 26.9. The summed E-state index contributed by atoms with van der Waals surface area (Å²) >= 11 is 0. The molecule has 212 valence electrons. The highest BCUT2D eigenvalue weighted by molar-refractivity contribution is 6.05. The molecule has 5 aromatic rings. The molecule has 0 saturated carbocycles. The van der Waals surface area contributed by atoms with Crippen molar-refractivity contribution in [2.24, 2.45) is 7.05 Å². The van der Waals surface area contributed by atoms with Crippen LogP contribution < -0.4 is 21.5 Å². The zero-order valence-electron chi connectivity index (χ0n) is 23.3. The predicted molar refractivity (Wildman–Crippen MR) is 162 cm³/mol. The van der Waals surface area contributed by atoms with E-state index in [-0.39, 0.29) is 16.9 Å². The van der Waals surface area contributed by atoms with Crippen molar-refractivity contribution >= 4 is 23.1 Å². The van der Waals surface area contributed by atoms with Gasteiger partial charge in [-0.05, 0) is 43.3 Å². The number of nitrogens with two attached hydrogens (primary N) is 1. The van der Waals surface area contributed by atoms with Gasteiger partial charge >= 0.3 is 0 Å². The van der Waals surface area contributed by atoms with E-state index < -0.39 is 5.91 Å². The summed E-state index contributed by atoms with van der Waals surface area (Å²) < 4.78 is 8.62. The average Bonchev–Trinajstić information content (AvgIpc) is 3.25. The van der Waals surface area contributed by atoms with Gasteiger partial charge in [0, 0.05) is 43.3 Å². The Bertz CT molecular complexity index is 1810. The van der Waals surface area contributed by atoms with Crippen LogP contribution in [0.2, 0.25) is 0 Å². The van der Waals surface area contributed by atoms with E-state index in [0.717, 1.165) is 24.3 Å². The lowest BCUT2D eigenvalue weighted by molar-refractivity contribution is 0.102. The van der Waals surface area contributed by atoms with Gasteiger partial charge in [0.2, 0.25) is 0 Å². The summed E-state index contributed by atoms with van der Waals surface area (Å²) in [6, 6.07) is 20.3. The molecule has 2 aromatic carbocycles. The Labute approximate surface area is 242 Å². The standard InChI is InChI=1S/C31H30N8O3/c1-20-27(31(41)39(37(20)2)23-6-4-3-5-7-23)30(40)35-22-10-8-21(9-11-22)28-29(32)34-19-26(36-28)25-18-24(12-13-33-25)38-14-16-42-17-15-38/h3-13,18-19H,14-17H2,1-2H3,(H2,32,34)(H,35,40). The average molecular weight is 563 g/mol. The molecule has 42 heavy (non-hydrogen) atoms. The zero-order valence-corrected chi connectivity index (χ0v) is 23.3. The Hall–Kier alpha value is -5.29. The summed E-state index contributed by atoms with van der Waals surface area (Å²) in [5.74, 6) is -0.204. The quantitative estimate of drug-likeness (QED) is 0.320. The van der Waals surface area contributed by atoms with Crippen LogP contribution in [0.15, 0.2) is 83.9 Å². The van der Waals surface area contributed by atoms with Crippen LogP contribution in [-0.4, -0.2) is 56.5 Å². The van der Waals surface area contributed by atoms with Gasteiger partial charge in [-0.1, -0.05) is 30.3 Å². The SMILES string of the molecule is Cc1c(C(=O)Nc2ccc(-c3nc(-c4cc(N5CCOCC5)ccn4)cnc3N)cc2)c(=O)n(-c2ccccc2)n1C. The predicted octanol–water partition coefficient (Wildman–Crippen LogP) is 3.67. The highest BCUT2D eigenvalue weighted by Gasteiger charge is 2.22. The Morgan fingerprint density at radius 2 is 1.69 bits per heavy atom. The minimum absolute atomic E-state index is 0.0834. The number of nitrogens with zero attached hydrogens (tertiary/aromatic N) is 6. The number of anilines is 3. The number of pyridine rings is 1. The van der Waals surface area contributed by atoms with Crippen LogP contribution in [0.4, 0.5) is 17.2 Å². The number of carbonyl (C=O) groups excluding carboxylic acids is 1. The third-order valence-electron chi connectivity index (χ3n) is 7.38. The van der Waals surface area contributed by atoms with E-state index in [9.17, 15) is 9.59 Å². The molecule has 11 heteroatoms. The molecule has 0 radical (unpaired) electrons. The van der Waals surface area contributed by atoms with Crippen LogP contribution >= 0.6 is 0 Å². The summed E-state index contributed by atoms with van der Waals surface area (Å²) in [4.78, 5) is 42.3. The van der Waals surface area contributed by atoms with E-state index >= 15 is 0 Å². The number of hydrogen-bond donors (Lipinski definition) is 2. The van der Waals surface area contributed by atoms with Crippen LogP contribution in [0, 0.1) is 6.92 Å². The topological polar surface area (TPSA) is 133 Å².